The summed E-state index contributed by atoms with van der Waals surface area (Å²) in [5.41, 5.74) is 0. The normalized spacial score (nSPS) is 40.9. The Kier molecular flexibility index (Phi) is 3.46. The smallest absolute Gasteiger partial charge is 0.0702 e. The number of hydrogen-bond acceptors (Lipinski definition) is 3. The molecule has 0 saturated carbocycles. The average molecular weight is 224 g/mol. The number of fused-ring (bicyclic) bond motifs is 1. The lowest BCUT2D eigenvalue weighted by molar-refractivity contribution is 0.0426. The summed E-state index contributed by atoms with van der Waals surface area (Å²) in [5, 5.41) is 3.68. The molecule has 3 aliphatic heterocycles. The molecule has 1 N–H and O–H groups in total. The zero-order chi connectivity index (χ0) is 10.8. The predicted molar refractivity (Wildman–Crippen MR) is 64.5 cm³/mol. The third kappa shape index (κ3) is 2.41. The van der Waals surface area contributed by atoms with Crippen LogP contribution in [0.3, 0.4) is 0 Å². The van der Waals surface area contributed by atoms with E-state index in [1.807, 2.05) is 0 Å². The lowest BCUT2D eigenvalue weighted by Crippen LogP contribution is -2.53. The highest BCUT2D eigenvalue weighted by Gasteiger charge is 2.32. The summed E-state index contributed by atoms with van der Waals surface area (Å²) in [6, 6.07) is 0.814. The van der Waals surface area contributed by atoms with Gasteiger partial charge in [-0.2, -0.15) is 0 Å². The average Bonchev–Trinajstić information content (AvgIpc) is 2.82. The maximum absolute atomic E-state index is 5.73. The summed E-state index contributed by atoms with van der Waals surface area (Å²) in [4.78, 5) is 2.64. The van der Waals surface area contributed by atoms with Gasteiger partial charge in [-0.05, 0) is 51.1 Å². The maximum Gasteiger partial charge on any atom is 0.0702 e. The molecule has 0 aromatic rings. The van der Waals surface area contributed by atoms with Crippen LogP contribution in [0.1, 0.15) is 32.1 Å². The van der Waals surface area contributed by atoms with Gasteiger partial charge in [0.05, 0.1) is 6.10 Å². The van der Waals surface area contributed by atoms with E-state index in [2.05, 4.69) is 10.2 Å². The summed E-state index contributed by atoms with van der Waals surface area (Å²) < 4.78 is 5.73. The van der Waals surface area contributed by atoms with Gasteiger partial charge < -0.3 is 15.0 Å². The molecule has 16 heavy (non-hydrogen) atoms. The molecule has 0 radical (unpaired) electrons. The van der Waals surface area contributed by atoms with Crippen molar-refractivity contribution in [3.8, 4) is 0 Å². The fourth-order valence-electron chi connectivity index (χ4n) is 3.56. The van der Waals surface area contributed by atoms with Gasteiger partial charge in [0.2, 0.25) is 0 Å². The van der Waals surface area contributed by atoms with Gasteiger partial charge >= 0.3 is 0 Å². The number of rotatable bonds is 2. The molecule has 3 aliphatic rings. The van der Waals surface area contributed by atoms with E-state index >= 15 is 0 Å². The van der Waals surface area contributed by atoms with Crippen LogP contribution in [0.2, 0.25) is 0 Å². The third-order valence-corrected chi connectivity index (χ3v) is 4.46. The van der Waals surface area contributed by atoms with E-state index in [1.165, 1.54) is 58.3 Å². The number of hydrogen-bond donors (Lipinski definition) is 1. The number of nitrogens with zero attached hydrogens (tertiary/aromatic N) is 1. The molecule has 0 aromatic heterocycles. The zero-order valence-corrected chi connectivity index (χ0v) is 10.2. The van der Waals surface area contributed by atoms with E-state index in [0.717, 1.165) is 18.6 Å². The van der Waals surface area contributed by atoms with Crippen molar-refractivity contribution in [1.82, 2.24) is 10.2 Å². The van der Waals surface area contributed by atoms with E-state index in [-0.39, 0.29) is 0 Å². The monoisotopic (exact) mass is 224 g/mol. The highest BCUT2D eigenvalue weighted by Crippen LogP contribution is 2.25. The van der Waals surface area contributed by atoms with Crippen molar-refractivity contribution in [3.63, 3.8) is 0 Å². The molecule has 0 amide bonds. The van der Waals surface area contributed by atoms with Crippen molar-refractivity contribution in [2.24, 2.45) is 5.92 Å². The van der Waals surface area contributed by atoms with Crippen LogP contribution in [0, 0.1) is 5.92 Å². The van der Waals surface area contributed by atoms with E-state index in [0.29, 0.717) is 6.10 Å². The van der Waals surface area contributed by atoms with Crippen molar-refractivity contribution in [3.05, 3.63) is 0 Å². The minimum Gasteiger partial charge on any atom is -0.377 e. The van der Waals surface area contributed by atoms with E-state index < -0.39 is 0 Å². The molecule has 3 nitrogen and oxygen atoms in total. The second kappa shape index (κ2) is 5.03. The number of nitrogens with one attached hydrogen (secondary N) is 1. The highest BCUT2D eigenvalue weighted by atomic mass is 16.5. The fourth-order valence-corrected chi connectivity index (χ4v) is 3.56. The SMILES string of the molecule is C1COC(CN2CCC3NCCCC3C2)C1. The molecule has 0 spiro atoms. The van der Waals surface area contributed by atoms with Gasteiger partial charge in [-0.25, -0.2) is 0 Å². The molecule has 3 atom stereocenters. The van der Waals surface area contributed by atoms with Crippen LogP contribution in [-0.2, 0) is 4.74 Å². The van der Waals surface area contributed by atoms with Gasteiger partial charge in [-0.3, -0.25) is 0 Å². The maximum atomic E-state index is 5.73. The van der Waals surface area contributed by atoms with Crippen LogP contribution in [0.15, 0.2) is 0 Å². The van der Waals surface area contributed by atoms with Crippen molar-refractivity contribution >= 4 is 0 Å². The molecule has 0 aromatic carbocycles. The predicted octanol–water partition coefficient (Wildman–Crippen LogP) is 1.24. The largest absolute Gasteiger partial charge is 0.377 e. The molecule has 3 fully saturated rings. The highest BCUT2D eigenvalue weighted by molar-refractivity contribution is 4.89. The Morgan fingerprint density at radius 2 is 2.19 bits per heavy atom. The zero-order valence-electron chi connectivity index (χ0n) is 10.2. The van der Waals surface area contributed by atoms with Crippen LogP contribution < -0.4 is 5.32 Å². The van der Waals surface area contributed by atoms with E-state index in [9.17, 15) is 0 Å². The van der Waals surface area contributed by atoms with Crippen LogP contribution in [0.4, 0.5) is 0 Å². The van der Waals surface area contributed by atoms with Crippen molar-refractivity contribution in [1.29, 1.82) is 0 Å². The first-order valence-electron chi connectivity index (χ1n) is 6.99. The molecular weight excluding hydrogens is 200 g/mol. The summed E-state index contributed by atoms with van der Waals surface area (Å²) >= 11 is 0. The second-order valence-electron chi connectivity index (χ2n) is 5.65. The Hall–Kier alpha value is -0.120. The van der Waals surface area contributed by atoms with Crippen LogP contribution >= 0.6 is 0 Å². The molecular formula is C13H24N2O. The summed E-state index contributed by atoms with van der Waals surface area (Å²) in [6.07, 6.45) is 7.23. The minimum absolute atomic E-state index is 0.535. The Bertz CT molecular complexity index is 228. The molecule has 0 bridgehead atoms. The van der Waals surface area contributed by atoms with Gasteiger partial charge in [0.15, 0.2) is 0 Å². The van der Waals surface area contributed by atoms with Crippen molar-refractivity contribution in [2.45, 2.75) is 44.2 Å². The number of piperidine rings is 2. The Morgan fingerprint density at radius 1 is 1.19 bits per heavy atom. The molecule has 3 rings (SSSR count). The molecule has 3 saturated heterocycles. The molecule has 92 valence electrons. The van der Waals surface area contributed by atoms with Gasteiger partial charge in [0.25, 0.3) is 0 Å². The Morgan fingerprint density at radius 3 is 3.06 bits per heavy atom. The third-order valence-electron chi connectivity index (χ3n) is 4.46. The molecule has 3 heterocycles. The summed E-state index contributed by atoms with van der Waals surface area (Å²) in [6.45, 7) is 5.99. The lowest BCUT2D eigenvalue weighted by Gasteiger charge is -2.42. The lowest BCUT2D eigenvalue weighted by atomic mass is 9.85. The van der Waals surface area contributed by atoms with Gasteiger partial charge in [-0.1, -0.05) is 0 Å². The first kappa shape index (κ1) is 11.0. The number of likely N-dealkylation sites (tertiary alicyclic amines) is 1. The van der Waals surface area contributed by atoms with Gasteiger partial charge in [-0.15, -0.1) is 0 Å². The quantitative estimate of drug-likeness (QED) is 0.764. The second-order valence-corrected chi connectivity index (χ2v) is 5.65. The summed E-state index contributed by atoms with van der Waals surface area (Å²) in [5.74, 6) is 0.906. The molecule has 3 heteroatoms. The van der Waals surface area contributed by atoms with Gasteiger partial charge in [0, 0.05) is 25.7 Å². The fraction of sp³-hybridized carbons (Fsp3) is 1.00. The molecule has 3 unspecified atom stereocenters. The van der Waals surface area contributed by atoms with Crippen LogP contribution in [-0.4, -0.2) is 49.8 Å². The van der Waals surface area contributed by atoms with Crippen LogP contribution in [0.25, 0.3) is 0 Å². The Balaban J connectivity index is 1.50. The van der Waals surface area contributed by atoms with Crippen LogP contribution in [0.5, 0.6) is 0 Å². The Labute approximate surface area is 98.5 Å². The van der Waals surface area contributed by atoms with Crippen molar-refractivity contribution < 1.29 is 4.74 Å². The first-order chi connectivity index (χ1) is 7.92. The standard InChI is InChI=1S/C13H24N2O/c1-3-11-9-15(7-5-13(11)14-6-1)10-12-4-2-8-16-12/h11-14H,1-10H2. The topological polar surface area (TPSA) is 24.5 Å². The molecule has 0 aliphatic carbocycles. The van der Waals surface area contributed by atoms with Crippen molar-refractivity contribution in [2.75, 3.05) is 32.8 Å². The van der Waals surface area contributed by atoms with E-state index in [1.54, 1.807) is 0 Å². The number of ether oxygens (including phenoxy) is 1. The first-order valence-corrected chi connectivity index (χ1v) is 6.99. The summed E-state index contributed by atoms with van der Waals surface area (Å²) in [7, 11) is 0. The van der Waals surface area contributed by atoms with E-state index in [4.69, 9.17) is 4.74 Å². The van der Waals surface area contributed by atoms with Gasteiger partial charge in [0.1, 0.15) is 0 Å². The minimum atomic E-state index is 0.535.